The summed E-state index contributed by atoms with van der Waals surface area (Å²) in [7, 11) is 0. The van der Waals surface area contributed by atoms with Crippen LogP contribution >= 0.6 is 0 Å². The van der Waals surface area contributed by atoms with E-state index in [0.29, 0.717) is 12.2 Å². The third kappa shape index (κ3) is 7.36. The molecule has 1 aliphatic carbocycles. The molecule has 8 heteroatoms. The number of alkyl carbamates (subject to hydrolysis) is 1. The fraction of sp³-hybridized carbons (Fsp3) is 0.667. The Bertz CT molecular complexity index is 941. The highest BCUT2D eigenvalue weighted by molar-refractivity contribution is 6.06. The number of anilines is 2. The van der Waals surface area contributed by atoms with Crippen molar-refractivity contribution in [1.29, 1.82) is 0 Å². The Hall–Kier alpha value is -2.77. The molecule has 1 aromatic rings. The fourth-order valence-electron chi connectivity index (χ4n) is 4.73. The Morgan fingerprint density at radius 3 is 2.20 bits per heavy atom. The first-order chi connectivity index (χ1) is 16.2. The van der Waals surface area contributed by atoms with E-state index in [1.807, 2.05) is 25.1 Å². The minimum atomic E-state index is -0.873. The molecule has 194 valence electrons. The van der Waals surface area contributed by atoms with E-state index in [1.165, 1.54) is 11.3 Å². The molecular formula is C27H41N3O5. The van der Waals surface area contributed by atoms with Crippen molar-refractivity contribution in [2.24, 2.45) is 0 Å². The maximum atomic E-state index is 13.9. The smallest absolute Gasteiger partial charge is 0.408 e. The predicted octanol–water partition coefficient (Wildman–Crippen LogP) is 4.72. The van der Waals surface area contributed by atoms with Crippen LogP contribution in [0.15, 0.2) is 18.2 Å². The first kappa shape index (κ1) is 26.8. The monoisotopic (exact) mass is 487 g/mol. The molecule has 1 aromatic carbocycles. The van der Waals surface area contributed by atoms with Gasteiger partial charge in [-0.25, -0.2) is 4.79 Å². The van der Waals surface area contributed by atoms with Crippen LogP contribution in [-0.2, 0) is 19.1 Å². The van der Waals surface area contributed by atoms with Crippen LogP contribution in [0.1, 0.15) is 79.2 Å². The Balaban J connectivity index is 2.02. The molecule has 1 atom stereocenters. The first-order valence-electron chi connectivity index (χ1n) is 12.6. The average Bonchev–Trinajstić information content (AvgIpc) is 2.82. The van der Waals surface area contributed by atoms with Crippen molar-refractivity contribution < 1.29 is 23.9 Å². The molecule has 0 spiro atoms. The van der Waals surface area contributed by atoms with Crippen molar-refractivity contribution in [2.75, 3.05) is 22.9 Å². The molecule has 35 heavy (non-hydrogen) atoms. The van der Waals surface area contributed by atoms with Crippen molar-refractivity contribution >= 4 is 29.3 Å². The lowest BCUT2D eigenvalue weighted by atomic mass is 9.93. The Labute approximate surface area is 209 Å². The zero-order valence-electron chi connectivity index (χ0n) is 22.3. The molecule has 1 unspecified atom stereocenters. The standard InChI is InChI=1S/C27H41N3O5/c1-18-13-14-21-22(15-18)30(17-23(31)34-26(2,3)4)24(32)20(28-25(33)35-27(5,6)7)16-29(21)19-11-9-8-10-12-19/h13-15,19-20H,8-12,16-17H2,1-7H3,(H,28,33). The van der Waals surface area contributed by atoms with Crippen LogP contribution in [0, 0.1) is 6.92 Å². The van der Waals surface area contributed by atoms with Gasteiger partial charge in [0.1, 0.15) is 23.8 Å². The van der Waals surface area contributed by atoms with E-state index >= 15 is 0 Å². The normalized spacial score (nSPS) is 19.6. The van der Waals surface area contributed by atoms with Crippen molar-refractivity contribution in [3.63, 3.8) is 0 Å². The molecule has 1 heterocycles. The van der Waals surface area contributed by atoms with Crippen molar-refractivity contribution in [3.8, 4) is 0 Å². The number of carbonyl (C=O) groups is 3. The number of ether oxygens (including phenoxy) is 2. The highest BCUT2D eigenvalue weighted by Crippen LogP contribution is 2.38. The van der Waals surface area contributed by atoms with Crippen molar-refractivity contribution in [2.45, 2.75) is 104 Å². The third-order valence-electron chi connectivity index (χ3n) is 6.09. The van der Waals surface area contributed by atoms with Gasteiger partial charge in [-0.1, -0.05) is 25.3 Å². The number of amides is 2. The van der Waals surface area contributed by atoms with E-state index < -0.39 is 29.3 Å². The minimum Gasteiger partial charge on any atom is -0.459 e. The van der Waals surface area contributed by atoms with E-state index in [-0.39, 0.29) is 18.5 Å². The largest absolute Gasteiger partial charge is 0.459 e. The second-order valence-corrected chi connectivity index (χ2v) is 11.6. The summed E-state index contributed by atoms with van der Waals surface area (Å²) >= 11 is 0. The summed E-state index contributed by atoms with van der Waals surface area (Å²) in [4.78, 5) is 43.1. The van der Waals surface area contributed by atoms with Crippen LogP contribution in [0.25, 0.3) is 0 Å². The van der Waals surface area contributed by atoms with Crippen molar-refractivity contribution in [3.05, 3.63) is 23.8 Å². The van der Waals surface area contributed by atoms with Crippen LogP contribution in [0.3, 0.4) is 0 Å². The minimum absolute atomic E-state index is 0.239. The van der Waals surface area contributed by atoms with Gasteiger partial charge in [0.25, 0.3) is 5.91 Å². The van der Waals surface area contributed by atoms with Gasteiger partial charge < -0.3 is 19.7 Å². The second kappa shape index (κ2) is 10.5. The zero-order valence-corrected chi connectivity index (χ0v) is 22.3. The Kier molecular flexibility index (Phi) is 8.02. The van der Waals surface area contributed by atoms with Gasteiger partial charge in [-0.15, -0.1) is 0 Å². The summed E-state index contributed by atoms with van der Waals surface area (Å²) in [5.74, 6) is -0.854. The van der Waals surface area contributed by atoms with Gasteiger partial charge >= 0.3 is 12.1 Å². The SMILES string of the molecule is Cc1ccc2c(c1)N(CC(=O)OC(C)(C)C)C(=O)C(NC(=O)OC(C)(C)C)CN2C1CCCCC1. The molecule has 1 N–H and O–H groups in total. The highest BCUT2D eigenvalue weighted by Gasteiger charge is 2.39. The number of nitrogens with one attached hydrogen (secondary N) is 1. The lowest BCUT2D eigenvalue weighted by Crippen LogP contribution is -2.55. The highest BCUT2D eigenvalue weighted by atomic mass is 16.6. The first-order valence-corrected chi connectivity index (χ1v) is 12.6. The number of hydrogen-bond acceptors (Lipinski definition) is 6. The number of fused-ring (bicyclic) bond motifs is 1. The maximum Gasteiger partial charge on any atom is 0.408 e. The quantitative estimate of drug-likeness (QED) is 0.619. The Morgan fingerprint density at radius 1 is 0.971 bits per heavy atom. The molecule has 1 fully saturated rings. The molecule has 2 amide bonds. The Morgan fingerprint density at radius 2 is 1.60 bits per heavy atom. The van der Waals surface area contributed by atoms with E-state index in [9.17, 15) is 14.4 Å². The van der Waals surface area contributed by atoms with E-state index in [4.69, 9.17) is 9.47 Å². The summed E-state index contributed by atoms with van der Waals surface area (Å²) in [5.41, 5.74) is 1.17. The zero-order chi connectivity index (χ0) is 26.0. The van der Waals surface area contributed by atoms with Gasteiger partial charge in [0.2, 0.25) is 0 Å². The number of aryl methyl sites for hydroxylation is 1. The van der Waals surface area contributed by atoms with Crippen LogP contribution in [0.5, 0.6) is 0 Å². The van der Waals surface area contributed by atoms with Crippen LogP contribution in [0.4, 0.5) is 16.2 Å². The summed E-state index contributed by atoms with van der Waals surface area (Å²) in [5, 5.41) is 2.79. The molecule has 1 aliphatic heterocycles. The van der Waals surface area contributed by atoms with Gasteiger partial charge in [0.05, 0.1) is 11.4 Å². The number of benzene rings is 1. The summed E-state index contributed by atoms with van der Waals surface area (Å²) in [6.07, 6.45) is 4.84. The molecule has 8 nitrogen and oxygen atoms in total. The molecule has 1 saturated carbocycles. The topological polar surface area (TPSA) is 88.2 Å². The number of hydrogen-bond donors (Lipinski definition) is 1. The summed E-state index contributed by atoms with van der Waals surface area (Å²) in [6, 6.07) is 5.35. The number of rotatable bonds is 4. The number of nitrogens with zero attached hydrogens (tertiary/aromatic N) is 2. The average molecular weight is 488 g/mol. The second-order valence-electron chi connectivity index (χ2n) is 11.6. The van der Waals surface area contributed by atoms with Crippen molar-refractivity contribution in [1.82, 2.24) is 5.32 Å². The summed E-state index contributed by atoms with van der Waals surface area (Å²) < 4.78 is 11.0. The molecule has 3 rings (SSSR count). The van der Waals surface area contributed by atoms with Gasteiger partial charge in [-0.2, -0.15) is 0 Å². The van der Waals surface area contributed by atoms with Gasteiger partial charge in [-0.3, -0.25) is 14.5 Å². The maximum absolute atomic E-state index is 13.9. The lowest BCUT2D eigenvalue weighted by Gasteiger charge is -2.37. The lowest BCUT2D eigenvalue weighted by molar-refractivity contribution is -0.153. The molecule has 0 bridgehead atoms. The van der Waals surface area contributed by atoms with Gasteiger partial charge in [-0.05, 0) is 79.0 Å². The predicted molar refractivity (Wildman–Crippen MR) is 137 cm³/mol. The van der Waals surface area contributed by atoms with Crippen LogP contribution in [0.2, 0.25) is 0 Å². The van der Waals surface area contributed by atoms with Gasteiger partial charge in [0, 0.05) is 12.6 Å². The van der Waals surface area contributed by atoms with Crippen LogP contribution < -0.4 is 15.1 Å². The van der Waals surface area contributed by atoms with E-state index in [2.05, 4.69) is 10.2 Å². The molecule has 2 aliphatic rings. The van der Waals surface area contributed by atoms with Crippen LogP contribution in [-0.4, -0.2) is 54.3 Å². The van der Waals surface area contributed by atoms with E-state index in [0.717, 1.165) is 36.9 Å². The molecule has 0 saturated heterocycles. The molecular weight excluding hydrogens is 446 g/mol. The van der Waals surface area contributed by atoms with Gasteiger partial charge in [0.15, 0.2) is 0 Å². The molecule has 0 radical (unpaired) electrons. The summed E-state index contributed by atoms with van der Waals surface area (Å²) in [6.45, 7) is 12.8. The fourth-order valence-corrected chi connectivity index (χ4v) is 4.73. The number of esters is 1. The van der Waals surface area contributed by atoms with E-state index in [1.54, 1.807) is 41.5 Å². The number of carbonyl (C=O) groups excluding carboxylic acids is 3. The molecule has 0 aromatic heterocycles. The third-order valence-corrected chi connectivity index (χ3v) is 6.09.